The maximum Gasteiger partial charge on any atom is 0.121 e. The lowest BCUT2D eigenvalue weighted by atomic mass is 10.1. The molecule has 17 heavy (non-hydrogen) atoms. The summed E-state index contributed by atoms with van der Waals surface area (Å²) in [6, 6.07) is 7.77. The van der Waals surface area contributed by atoms with E-state index in [1.165, 1.54) is 12.8 Å². The van der Waals surface area contributed by atoms with E-state index >= 15 is 0 Å². The third-order valence-electron chi connectivity index (χ3n) is 2.83. The van der Waals surface area contributed by atoms with Crippen LogP contribution in [0.25, 0.3) is 0 Å². The molecular weight excluding hydrogens is 212 g/mol. The van der Waals surface area contributed by atoms with Crippen molar-refractivity contribution in [2.24, 2.45) is 0 Å². The molecule has 0 bridgehead atoms. The van der Waals surface area contributed by atoms with E-state index < -0.39 is 0 Å². The lowest BCUT2D eigenvalue weighted by molar-refractivity contribution is 0.415. The Labute approximate surface area is 104 Å². The minimum atomic E-state index is 0.699. The van der Waals surface area contributed by atoms with Gasteiger partial charge in [0.25, 0.3) is 0 Å². The van der Waals surface area contributed by atoms with Crippen molar-refractivity contribution >= 4 is 5.69 Å². The molecule has 0 aliphatic heterocycles. The number of hydrogen-bond donors (Lipinski definition) is 0. The van der Waals surface area contributed by atoms with Gasteiger partial charge in [0.1, 0.15) is 11.8 Å². The molecule has 1 aromatic carbocycles. The van der Waals surface area contributed by atoms with Crippen molar-refractivity contribution in [1.82, 2.24) is 0 Å². The molecule has 0 aliphatic carbocycles. The lowest BCUT2D eigenvalue weighted by Crippen LogP contribution is -2.19. The van der Waals surface area contributed by atoms with Gasteiger partial charge in [-0.25, -0.2) is 0 Å². The average Bonchev–Trinajstić information content (AvgIpc) is 2.38. The second kappa shape index (κ2) is 6.80. The van der Waals surface area contributed by atoms with Crippen LogP contribution < -0.4 is 9.64 Å². The first-order valence-corrected chi connectivity index (χ1v) is 6.02. The van der Waals surface area contributed by atoms with Crippen LogP contribution in [0.1, 0.15) is 31.7 Å². The molecule has 0 N–H and O–H groups in total. The minimum Gasteiger partial charge on any atom is -0.497 e. The van der Waals surface area contributed by atoms with Crippen molar-refractivity contribution in [2.75, 3.05) is 25.6 Å². The Morgan fingerprint density at radius 3 is 2.71 bits per heavy atom. The fourth-order valence-corrected chi connectivity index (χ4v) is 1.77. The number of nitrogens with zero attached hydrogens (tertiary/aromatic N) is 2. The fraction of sp³-hybridized carbons (Fsp3) is 0.500. The van der Waals surface area contributed by atoms with Gasteiger partial charge in [-0.3, -0.25) is 0 Å². The number of nitriles is 1. The number of anilines is 1. The highest BCUT2D eigenvalue weighted by Gasteiger charge is 2.08. The van der Waals surface area contributed by atoms with Crippen LogP contribution in [-0.4, -0.2) is 20.7 Å². The van der Waals surface area contributed by atoms with Gasteiger partial charge >= 0.3 is 0 Å². The first-order chi connectivity index (χ1) is 8.22. The summed E-state index contributed by atoms with van der Waals surface area (Å²) in [5.41, 5.74) is 1.65. The molecule has 0 saturated carbocycles. The fourth-order valence-electron chi connectivity index (χ4n) is 1.77. The number of hydrogen-bond acceptors (Lipinski definition) is 3. The second-order valence-electron chi connectivity index (χ2n) is 4.12. The number of ether oxygens (including phenoxy) is 1. The molecule has 0 heterocycles. The van der Waals surface area contributed by atoms with Crippen LogP contribution in [0.15, 0.2) is 18.2 Å². The Morgan fingerprint density at radius 2 is 2.12 bits per heavy atom. The summed E-state index contributed by atoms with van der Waals surface area (Å²) in [4.78, 5) is 2.12. The van der Waals surface area contributed by atoms with E-state index in [4.69, 9.17) is 10.00 Å². The van der Waals surface area contributed by atoms with Crippen LogP contribution in [0.5, 0.6) is 5.75 Å². The molecule has 3 nitrogen and oxygen atoms in total. The van der Waals surface area contributed by atoms with Gasteiger partial charge in [0.15, 0.2) is 0 Å². The highest BCUT2D eigenvalue weighted by Crippen LogP contribution is 2.25. The standard InChI is InChI=1S/C14H20N2O/c1-4-5-6-9-16(2)14-10-13(17-3)8-7-12(14)11-15/h7-8,10H,4-6,9H2,1-3H3. The van der Waals surface area contributed by atoms with Gasteiger partial charge < -0.3 is 9.64 Å². The Kier molecular flexibility index (Phi) is 5.35. The summed E-state index contributed by atoms with van der Waals surface area (Å²) in [5.74, 6) is 0.793. The summed E-state index contributed by atoms with van der Waals surface area (Å²) in [6.45, 7) is 3.15. The summed E-state index contributed by atoms with van der Waals surface area (Å²) in [7, 11) is 3.66. The van der Waals surface area contributed by atoms with E-state index in [0.29, 0.717) is 5.56 Å². The Morgan fingerprint density at radius 1 is 1.35 bits per heavy atom. The monoisotopic (exact) mass is 232 g/mol. The normalized spacial score (nSPS) is 9.76. The first kappa shape index (κ1) is 13.4. The quantitative estimate of drug-likeness (QED) is 0.707. The first-order valence-electron chi connectivity index (χ1n) is 6.02. The van der Waals surface area contributed by atoms with Crippen molar-refractivity contribution in [3.05, 3.63) is 23.8 Å². The molecule has 0 aromatic heterocycles. The van der Waals surface area contributed by atoms with Crippen molar-refractivity contribution in [2.45, 2.75) is 26.2 Å². The number of methoxy groups -OCH3 is 1. The van der Waals surface area contributed by atoms with Crippen LogP contribution in [0.4, 0.5) is 5.69 Å². The molecular formula is C14H20N2O. The third-order valence-corrected chi connectivity index (χ3v) is 2.83. The van der Waals surface area contributed by atoms with Gasteiger partial charge in [0, 0.05) is 19.7 Å². The highest BCUT2D eigenvalue weighted by atomic mass is 16.5. The zero-order chi connectivity index (χ0) is 12.7. The van der Waals surface area contributed by atoms with Crippen LogP contribution in [-0.2, 0) is 0 Å². The Bertz CT molecular complexity index is 396. The third kappa shape index (κ3) is 3.67. The number of benzene rings is 1. The smallest absolute Gasteiger partial charge is 0.121 e. The largest absolute Gasteiger partial charge is 0.497 e. The molecule has 92 valence electrons. The number of rotatable bonds is 6. The Hall–Kier alpha value is -1.69. The molecule has 0 atom stereocenters. The molecule has 0 fully saturated rings. The zero-order valence-electron chi connectivity index (χ0n) is 10.9. The lowest BCUT2D eigenvalue weighted by Gasteiger charge is -2.21. The zero-order valence-corrected chi connectivity index (χ0v) is 10.9. The van der Waals surface area contributed by atoms with Crippen LogP contribution >= 0.6 is 0 Å². The van der Waals surface area contributed by atoms with Crippen molar-refractivity contribution in [3.63, 3.8) is 0 Å². The van der Waals surface area contributed by atoms with Crippen molar-refractivity contribution < 1.29 is 4.74 Å². The molecule has 1 rings (SSSR count). The predicted octanol–water partition coefficient (Wildman–Crippen LogP) is 3.19. The van der Waals surface area contributed by atoms with Crippen LogP contribution in [0.2, 0.25) is 0 Å². The van der Waals surface area contributed by atoms with Gasteiger partial charge in [-0.1, -0.05) is 19.8 Å². The highest BCUT2D eigenvalue weighted by molar-refractivity contribution is 5.61. The van der Waals surface area contributed by atoms with E-state index in [2.05, 4.69) is 17.9 Å². The Balaban J connectivity index is 2.82. The summed E-state index contributed by atoms with van der Waals surface area (Å²) < 4.78 is 5.19. The molecule has 1 aromatic rings. The average molecular weight is 232 g/mol. The van der Waals surface area contributed by atoms with Crippen LogP contribution in [0.3, 0.4) is 0 Å². The molecule has 0 unspecified atom stereocenters. The molecule has 3 heteroatoms. The summed E-state index contributed by atoms with van der Waals surface area (Å²) >= 11 is 0. The van der Waals surface area contributed by atoms with Gasteiger partial charge in [-0.15, -0.1) is 0 Å². The maximum absolute atomic E-state index is 9.09. The van der Waals surface area contributed by atoms with E-state index in [9.17, 15) is 0 Å². The van der Waals surface area contributed by atoms with Crippen molar-refractivity contribution in [1.29, 1.82) is 5.26 Å². The van der Waals surface area contributed by atoms with Gasteiger partial charge in [-0.05, 0) is 18.6 Å². The molecule has 0 spiro atoms. The molecule has 0 radical (unpaired) electrons. The SMILES string of the molecule is CCCCCN(C)c1cc(OC)ccc1C#N. The minimum absolute atomic E-state index is 0.699. The molecule has 0 aliphatic rings. The van der Waals surface area contributed by atoms with Crippen LogP contribution in [0, 0.1) is 11.3 Å². The summed E-state index contributed by atoms with van der Waals surface area (Å²) in [6.07, 6.45) is 3.57. The van der Waals surface area contributed by atoms with E-state index in [1.54, 1.807) is 7.11 Å². The van der Waals surface area contributed by atoms with Gasteiger partial charge in [0.2, 0.25) is 0 Å². The van der Waals surface area contributed by atoms with E-state index in [1.807, 2.05) is 25.2 Å². The van der Waals surface area contributed by atoms with E-state index in [-0.39, 0.29) is 0 Å². The molecule has 0 saturated heterocycles. The maximum atomic E-state index is 9.09. The number of unbranched alkanes of at least 4 members (excludes halogenated alkanes) is 2. The van der Waals surface area contributed by atoms with E-state index in [0.717, 1.165) is 24.4 Å². The summed E-state index contributed by atoms with van der Waals surface area (Å²) in [5, 5.41) is 9.09. The second-order valence-corrected chi connectivity index (χ2v) is 4.12. The molecule has 0 amide bonds. The van der Waals surface area contributed by atoms with Crippen molar-refractivity contribution in [3.8, 4) is 11.8 Å². The van der Waals surface area contributed by atoms with Gasteiger partial charge in [-0.2, -0.15) is 5.26 Å². The predicted molar refractivity (Wildman–Crippen MR) is 70.5 cm³/mol. The van der Waals surface area contributed by atoms with Gasteiger partial charge in [0.05, 0.1) is 18.4 Å². The topological polar surface area (TPSA) is 36.3 Å².